The van der Waals surface area contributed by atoms with Crippen LogP contribution in [0.25, 0.3) is 0 Å². The fourth-order valence-corrected chi connectivity index (χ4v) is 4.62. The molecule has 1 unspecified atom stereocenters. The van der Waals surface area contributed by atoms with Gasteiger partial charge in [0.1, 0.15) is 0 Å². The number of benzene rings is 2. The lowest BCUT2D eigenvalue weighted by molar-refractivity contribution is 0.0931. The molecule has 0 saturated carbocycles. The molecular weight excluding hydrogens is 362 g/mol. The van der Waals surface area contributed by atoms with Gasteiger partial charge < -0.3 is 10.6 Å². The molecule has 0 aliphatic carbocycles. The van der Waals surface area contributed by atoms with Crippen molar-refractivity contribution in [3.8, 4) is 0 Å². The van der Waals surface area contributed by atoms with Crippen LogP contribution in [0.2, 0.25) is 0 Å². The van der Waals surface area contributed by atoms with Gasteiger partial charge in [-0.05, 0) is 62.6 Å². The predicted octanol–water partition coefficient (Wildman–Crippen LogP) is 2.59. The van der Waals surface area contributed by atoms with Crippen LogP contribution >= 0.6 is 0 Å². The summed E-state index contributed by atoms with van der Waals surface area (Å²) in [5.41, 5.74) is 2.11. The van der Waals surface area contributed by atoms with Gasteiger partial charge in [-0.15, -0.1) is 0 Å². The van der Waals surface area contributed by atoms with Gasteiger partial charge in [-0.25, -0.2) is 8.42 Å². The van der Waals surface area contributed by atoms with Gasteiger partial charge in [-0.1, -0.05) is 24.3 Å². The number of sulfonamides is 1. The van der Waals surface area contributed by atoms with Crippen molar-refractivity contribution in [2.45, 2.75) is 37.6 Å². The summed E-state index contributed by atoms with van der Waals surface area (Å²) in [7, 11) is -3.80. The van der Waals surface area contributed by atoms with Crippen molar-refractivity contribution in [3.63, 3.8) is 0 Å². The van der Waals surface area contributed by atoms with E-state index in [0.717, 1.165) is 31.5 Å². The van der Waals surface area contributed by atoms with Crippen LogP contribution in [0, 0.1) is 13.8 Å². The molecular formula is C20H25N3O3S. The quantitative estimate of drug-likeness (QED) is 0.736. The van der Waals surface area contributed by atoms with E-state index in [4.69, 9.17) is 0 Å². The molecule has 6 nitrogen and oxygen atoms in total. The molecule has 3 rings (SSSR count). The van der Waals surface area contributed by atoms with Crippen LogP contribution in [0.5, 0.6) is 0 Å². The highest BCUT2D eigenvalue weighted by molar-refractivity contribution is 7.92. The molecule has 0 bridgehead atoms. The largest absolute Gasteiger partial charge is 0.348 e. The van der Waals surface area contributed by atoms with E-state index in [1.54, 1.807) is 43.3 Å². The van der Waals surface area contributed by atoms with Crippen LogP contribution in [0.15, 0.2) is 47.4 Å². The average Bonchev–Trinajstić information content (AvgIpc) is 2.64. The fourth-order valence-electron chi connectivity index (χ4n) is 3.20. The van der Waals surface area contributed by atoms with Crippen LogP contribution in [0.4, 0.5) is 5.69 Å². The Morgan fingerprint density at radius 3 is 2.67 bits per heavy atom. The first-order chi connectivity index (χ1) is 12.9. The molecule has 2 aromatic rings. The van der Waals surface area contributed by atoms with Gasteiger partial charge in [-0.2, -0.15) is 0 Å². The summed E-state index contributed by atoms with van der Waals surface area (Å²) in [4.78, 5) is 12.9. The standard InChI is InChI=1S/C20H25N3O3S/c1-14-9-10-15(2)19(12-14)27(25,26)23-18-8-4-3-7-17(18)20(24)22-16-6-5-11-21-13-16/h3-4,7-10,12,16,21,23H,5-6,11,13H2,1-2H3,(H,22,24). The number of hydrogen-bond acceptors (Lipinski definition) is 4. The second-order valence-electron chi connectivity index (χ2n) is 6.94. The highest BCUT2D eigenvalue weighted by atomic mass is 32.2. The molecule has 0 aromatic heterocycles. The number of piperidine rings is 1. The van der Waals surface area contributed by atoms with Crippen LogP contribution in [-0.2, 0) is 10.0 Å². The predicted molar refractivity (Wildman–Crippen MR) is 107 cm³/mol. The van der Waals surface area contributed by atoms with E-state index in [1.165, 1.54) is 0 Å². The first-order valence-corrected chi connectivity index (χ1v) is 10.6. The zero-order valence-electron chi connectivity index (χ0n) is 15.6. The molecule has 27 heavy (non-hydrogen) atoms. The second kappa shape index (κ2) is 8.10. The number of aryl methyl sites for hydroxylation is 2. The van der Waals surface area contributed by atoms with Gasteiger partial charge in [-0.3, -0.25) is 9.52 Å². The third-order valence-corrected chi connectivity index (χ3v) is 6.19. The number of anilines is 1. The maximum Gasteiger partial charge on any atom is 0.262 e. The molecule has 1 fully saturated rings. The maximum absolute atomic E-state index is 12.9. The molecule has 0 radical (unpaired) electrons. The topological polar surface area (TPSA) is 87.3 Å². The Morgan fingerprint density at radius 2 is 1.93 bits per heavy atom. The molecule has 2 aromatic carbocycles. The first kappa shape index (κ1) is 19.4. The Balaban J connectivity index is 1.85. The van der Waals surface area contributed by atoms with E-state index in [9.17, 15) is 13.2 Å². The third kappa shape index (κ3) is 4.67. The minimum Gasteiger partial charge on any atom is -0.348 e. The van der Waals surface area contributed by atoms with Gasteiger partial charge in [0, 0.05) is 12.6 Å². The molecule has 144 valence electrons. The monoisotopic (exact) mass is 387 g/mol. The minimum atomic E-state index is -3.80. The minimum absolute atomic E-state index is 0.0509. The van der Waals surface area contributed by atoms with Gasteiger partial charge in [0.05, 0.1) is 16.1 Å². The molecule has 1 aliphatic rings. The molecule has 3 N–H and O–H groups in total. The summed E-state index contributed by atoms with van der Waals surface area (Å²) in [5, 5.41) is 6.24. The smallest absolute Gasteiger partial charge is 0.262 e. The molecule has 1 heterocycles. The van der Waals surface area contributed by atoms with E-state index in [-0.39, 0.29) is 22.5 Å². The average molecular weight is 388 g/mol. The molecule has 1 amide bonds. The molecule has 1 aliphatic heterocycles. The number of nitrogens with one attached hydrogen (secondary N) is 3. The Bertz CT molecular complexity index is 935. The third-order valence-electron chi connectivity index (χ3n) is 4.68. The van der Waals surface area contributed by atoms with Gasteiger partial charge in [0.2, 0.25) is 0 Å². The van der Waals surface area contributed by atoms with E-state index in [0.29, 0.717) is 11.1 Å². The first-order valence-electron chi connectivity index (χ1n) is 9.07. The number of hydrogen-bond donors (Lipinski definition) is 3. The molecule has 1 saturated heterocycles. The zero-order chi connectivity index (χ0) is 19.4. The van der Waals surface area contributed by atoms with Gasteiger partial charge >= 0.3 is 0 Å². The van der Waals surface area contributed by atoms with Crippen molar-refractivity contribution >= 4 is 21.6 Å². The van der Waals surface area contributed by atoms with Crippen molar-refractivity contribution in [1.82, 2.24) is 10.6 Å². The molecule has 1 atom stereocenters. The number of para-hydroxylation sites is 1. The Labute approximate surface area is 160 Å². The van der Waals surface area contributed by atoms with E-state index >= 15 is 0 Å². The Kier molecular flexibility index (Phi) is 5.82. The summed E-state index contributed by atoms with van der Waals surface area (Å²) < 4.78 is 28.4. The summed E-state index contributed by atoms with van der Waals surface area (Å²) in [6.45, 7) is 5.28. The Hall–Kier alpha value is -2.38. The van der Waals surface area contributed by atoms with Crippen molar-refractivity contribution in [2.24, 2.45) is 0 Å². The lowest BCUT2D eigenvalue weighted by Gasteiger charge is -2.24. The van der Waals surface area contributed by atoms with E-state index < -0.39 is 10.0 Å². The van der Waals surface area contributed by atoms with Gasteiger partial charge in [0.25, 0.3) is 15.9 Å². The fraction of sp³-hybridized carbons (Fsp3) is 0.350. The van der Waals surface area contributed by atoms with Gasteiger partial charge in [0.15, 0.2) is 0 Å². The zero-order valence-corrected chi connectivity index (χ0v) is 16.4. The van der Waals surface area contributed by atoms with Crippen molar-refractivity contribution in [1.29, 1.82) is 0 Å². The number of carbonyl (C=O) groups excluding carboxylic acids is 1. The SMILES string of the molecule is Cc1ccc(C)c(S(=O)(=O)Nc2ccccc2C(=O)NC2CCCNC2)c1. The van der Waals surface area contributed by atoms with Crippen LogP contribution in [0.3, 0.4) is 0 Å². The van der Waals surface area contributed by atoms with Crippen molar-refractivity contribution < 1.29 is 13.2 Å². The summed E-state index contributed by atoms with van der Waals surface area (Å²) in [5.74, 6) is -0.275. The maximum atomic E-state index is 12.9. The number of rotatable bonds is 5. The number of carbonyl (C=O) groups is 1. The summed E-state index contributed by atoms with van der Waals surface area (Å²) >= 11 is 0. The van der Waals surface area contributed by atoms with E-state index in [1.807, 2.05) is 13.0 Å². The molecule has 7 heteroatoms. The second-order valence-corrected chi connectivity index (χ2v) is 8.59. The van der Waals surface area contributed by atoms with E-state index in [2.05, 4.69) is 15.4 Å². The van der Waals surface area contributed by atoms with Crippen molar-refractivity contribution in [2.75, 3.05) is 17.8 Å². The lowest BCUT2D eigenvalue weighted by Crippen LogP contribution is -2.45. The highest BCUT2D eigenvalue weighted by Crippen LogP contribution is 2.23. The van der Waals surface area contributed by atoms with Crippen LogP contribution in [-0.4, -0.2) is 33.5 Å². The normalized spacial score (nSPS) is 17.3. The summed E-state index contributed by atoms with van der Waals surface area (Å²) in [6, 6.07) is 12.0. The number of amides is 1. The Morgan fingerprint density at radius 1 is 1.15 bits per heavy atom. The van der Waals surface area contributed by atoms with Crippen LogP contribution in [0.1, 0.15) is 34.3 Å². The lowest BCUT2D eigenvalue weighted by atomic mass is 10.1. The molecule has 0 spiro atoms. The van der Waals surface area contributed by atoms with Crippen LogP contribution < -0.4 is 15.4 Å². The summed E-state index contributed by atoms with van der Waals surface area (Å²) in [6.07, 6.45) is 1.92. The highest BCUT2D eigenvalue weighted by Gasteiger charge is 2.22. The van der Waals surface area contributed by atoms with Crippen molar-refractivity contribution in [3.05, 3.63) is 59.2 Å².